The standard InChI is InChI=1S/C22H27FN2O/c1-26-22-8-7-17(13-21(22)23)16-24-9-4-10-25(12-11-24)20-14-18-5-2-3-6-19(18)15-20/h2-3,5-8,13,20H,4,9-12,14-16H2,1H3. The first-order chi connectivity index (χ1) is 12.7. The van der Waals surface area contributed by atoms with Crippen molar-refractivity contribution in [3.63, 3.8) is 0 Å². The first kappa shape index (κ1) is 17.5. The van der Waals surface area contributed by atoms with E-state index in [9.17, 15) is 4.39 Å². The minimum absolute atomic E-state index is 0.273. The van der Waals surface area contributed by atoms with Gasteiger partial charge in [-0.25, -0.2) is 4.39 Å². The van der Waals surface area contributed by atoms with Gasteiger partial charge in [0.15, 0.2) is 11.6 Å². The summed E-state index contributed by atoms with van der Waals surface area (Å²) in [5, 5.41) is 0. The van der Waals surface area contributed by atoms with Crippen molar-refractivity contribution in [2.45, 2.75) is 31.8 Å². The number of methoxy groups -OCH3 is 1. The molecule has 1 aliphatic carbocycles. The first-order valence-corrected chi connectivity index (χ1v) is 9.58. The van der Waals surface area contributed by atoms with Gasteiger partial charge in [-0.15, -0.1) is 0 Å². The summed E-state index contributed by atoms with van der Waals surface area (Å²) in [4.78, 5) is 5.11. The minimum atomic E-state index is -0.273. The van der Waals surface area contributed by atoms with Crippen LogP contribution in [0.2, 0.25) is 0 Å². The third-order valence-corrected chi connectivity index (χ3v) is 5.79. The zero-order valence-corrected chi connectivity index (χ0v) is 15.5. The fraction of sp³-hybridized carbons (Fsp3) is 0.455. The summed E-state index contributed by atoms with van der Waals surface area (Å²) in [6.07, 6.45) is 3.53. The molecule has 1 heterocycles. The summed E-state index contributed by atoms with van der Waals surface area (Å²) in [5.41, 5.74) is 4.06. The predicted octanol–water partition coefficient (Wildman–Crippen LogP) is 3.51. The molecule has 0 saturated carbocycles. The second-order valence-corrected chi connectivity index (χ2v) is 7.47. The summed E-state index contributed by atoms with van der Waals surface area (Å²) in [6.45, 7) is 5.17. The quantitative estimate of drug-likeness (QED) is 0.836. The summed E-state index contributed by atoms with van der Waals surface area (Å²) in [5.74, 6) is 0.0433. The number of rotatable bonds is 4. The molecule has 2 aromatic carbocycles. The molecule has 2 aromatic rings. The molecular formula is C22H27FN2O. The average molecular weight is 354 g/mol. The van der Waals surface area contributed by atoms with Gasteiger partial charge in [-0.1, -0.05) is 30.3 Å². The summed E-state index contributed by atoms with van der Waals surface area (Å²) >= 11 is 0. The Morgan fingerprint density at radius 3 is 2.46 bits per heavy atom. The number of hydrogen-bond acceptors (Lipinski definition) is 3. The van der Waals surface area contributed by atoms with E-state index in [1.54, 1.807) is 12.1 Å². The maximum absolute atomic E-state index is 13.9. The van der Waals surface area contributed by atoms with Crippen LogP contribution in [0.4, 0.5) is 4.39 Å². The lowest BCUT2D eigenvalue weighted by atomic mass is 10.1. The lowest BCUT2D eigenvalue weighted by molar-refractivity contribution is 0.201. The van der Waals surface area contributed by atoms with Gasteiger partial charge >= 0.3 is 0 Å². The van der Waals surface area contributed by atoms with Crippen LogP contribution in [0, 0.1) is 5.82 Å². The van der Waals surface area contributed by atoms with Crippen LogP contribution >= 0.6 is 0 Å². The van der Waals surface area contributed by atoms with Gasteiger partial charge in [0.05, 0.1) is 7.11 Å². The molecule has 4 rings (SSSR count). The molecule has 138 valence electrons. The van der Waals surface area contributed by atoms with Crippen molar-refractivity contribution < 1.29 is 9.13 Å². The lowest BCUT2D eigenvalue weighted by Gasteiger charge is -2.27. The van der Waals surface area contributed by atoms with E-state index < -0.39 is 0 Å². The third kappa shape index (κ3) is 3.76. The van der Waals surface area contributed by atoms with Crippen LogP contribution in [0.25, 0.3) is 0 Å². The highest BCUT2D eigenvalue weighted by Gasteiger charge is 2.27. The van der Waals surface area contributed by atoms with E-state index in [1.165, 1.54) is 37.5 Å². The summed E-state index contributed by atoms with van der Waals surface area (Å²) in [7, 11) is 1.50. The molecule has 0 radical (unpaired) electrons. The fourth-order valence-corrected chi connectivity index (χ4v) is 4.37. The second-order valence-electron chi connectivity index (χ2n) is 7.47. The molecule has 2 aliphatic rings. The Morgan fingerprint density at radius 1 is 1.00 bits per heavy atom. The van der Waals surface area contributed by atoms with Gasteiger partial charge in [-0.2, -0.15) is 0 Å². The van der Waals surface area contributed by atoms with E-state index in [0.717, 1.165) is 38.3 Å². The molecule has 26 heavy (non-hydrogen) atoms. The Bertz CT molecular complexity index is 739. The lowest BCUT2D eigenvalue weighted by Crippen LogP contribution is -2.38. The Kier molecular flexibility index (Phi) is 5.23. The van der Waals surface area contributed by atoms with Gasteiger partial charge < -0.3 is 4.74 Å². The molecule has 0 bridgehead atoms. The normalized spacial score (nSPS) is 19.3. The molecule has 1 fully saturated rings. The smallest absolute Gasteiger partial charge is 0.165 e. The number of halogens is 1. The Hall–Kier alpha value is -1.91. The van der Waals surface area contributed by atoms with Gasteiger partial charge in [-0.3, -0.25) is 9.80 Å². The molecule has 4 heteroatoms. The highest BCUT2D eigenvalue weighted by atomic mass is 19.1. The molecule has 0 amide bonds. The zero-order valence-electron chi connectivity index (χ0n) is 15.5. The predicted molar refractivity (Wildman–Crippen MR) is 102 cm³/mol. The van der Waals surface area contributed by atoms with Gasteiger partial charge in [0.1, 0.15) is 0 Å². The number of hydrogen-bond donors (Lipinski definition) is 0. The first-order valence-electron chi connectivity index (χ1n) is 9.58. The van der Waals surface area contributed by atoms with Crippen LogP contribution in [-0.2, 0) is 19.4 Å². The SMILES string of the molecule is COc1ccc(CN2CCCN(C3Cc4ccccc4C3)CC2)cc1F. The molecule has 0 N–H and O–H groups in total. The number of nitrogens with zero attached hydrogens (tertiary/aromatic N) is 2. The van der Waals surface area contributed by atoms with Gasteiger partial charge in [0, 0.05) is 25.7 Å². The molecule has 0 aromatic heterocycles. The zero-order chi connectivity index (χ0) is 17.9. The minimum Gasteiger partial charge on any atom is -0.494 e. The van der Waals surface area contributed by atoms with Gasteiger partial charge in [0.25, 0.3) is 0 Å². The fourth-order valence-electron chi connectivity index (χ4n) is 4.37. The van der Waals surface area contributed by atoms with E-state index >= 15 is 0 Å². The topological polar surface area (TPSA) is 15.7 Å². The van der Waals surface area contributed by atoms with Crippen LogP contribution < -0.4 is 4.74 Å². The Balaban J connectivity index is 1.35. The Morgan fingerprint density at radius 2 is 1.77 bits per heavy atom. The Labute approximate surface area is 155 Å². The van der Waals surface area contributed by atoms with Gasteiger partial charge in [-0.05, 0) is 61.2 Å². The van der Waals surface area contributed by atoms with Crippen molar-refractivity contribution in [2.24, 2.45) is 0 Å². The van der Waals surface area contributed by atoms with E-state index in [2.05, 4.69) is 34.1 Å². The van der Waals surface area contributed by atoms with Crippen LogP contribution in [0.5, 0.6) is 5.75 Å². The highest BCUT2D eigenvalue weighted by Crippen LogP contribution is 2.26. The molecule has 1 aliphatic heterocycles. The maximum Gasteiger partial charge on any atom is 0.165 e. The molecule has 0 unspecified atom stereocenters. The van der Waals surface area contributed by atoms with E-state index in [4.69, 9.17) is 4.74 Å². The number of ether oxygens (including phenoxy) is 1. The van der Waals surface area contributed by atoms with E-state index in [1.807, 2.05) is 6.07 Å². The van der Waals surface area contributed by atoms with Crippen molar-refractivity contribution in [1.29, 1.82) is 0 Å². The highest BCUT2D eigenvalue weighted by molar-refractivity contribution is 5.33. The van der Waals surface area contributed by atoms with Crippen molar-refractivity contribution in [2.75, 3.05) is 33.3 Å². The van der Waals surface area contributed by atoms with Gasteiger partial charge in [0.2, 0.25) is 0 Å². The van der Waals surface area contributed by atoms with Crippen LogP contribution in [-0.4, -0.2) is 49.1 Å². The van der Waals surface area contributed by atoms with Crippen molar-refractivity contribution in [3.05, 3.63) is 65.0 Å². The summed E-state index contributed by atoms with van der Waals surface area (Å²) < 4.78 is 18.9. The summed E-state index contributed by atoms with van der Waals surface area (Å²) in [6, 6.07) is 14.8. The molecule has 1 saturated heterocycles. The van der Waals surface area contributed by atoms with E-state index in [0.29, 0.717) is 11.8 Å². The molecule has 3 nitrogen and oxygen atoms in total. The molecule has 0 spiro atoms. The second kappa shape index (κ2) is 7.77. The maximum atomic E-state index is 13.9. The van der Waals surface area contributed by atoms with Crippen LogP contribution in [0.1, 0.15) is 23.1 Å². The number of fused-ring (bicyclic) bond motifs is 1. The molecular weight excluding hydrogens is 327 g/mol. The average Bonchev–Trinajstić information content (AvgIpc) is 2.95. The van der Waals surface area contributed by atoms with Crippen molar-refractivity contribution in [3.8, 4) is 5.75 Å². The largest absolute Gasteiger partial charge is 0.494 e. The van der Waals surface area contributed by atoms with Crippen molar-refractivity contribution >= 4 is 0 Å². The van der Waals surface area contributed by atoms with E-state index in [-0.39, 0.29) is 5.82 Å². The monoisotopic (exact) mass is 354 g/mol. The van der Waals surface area contributed by atoms with Crippen molar-refractivity contribution in [1.82, 2.24) is 9.80 Å². The van der Waals surface area contributed by atoms with Crippen LogP contribution in [0.15, 0.2) is 42.5 Å². The number of benzene rings is 2. The third-order valence-electron chi connectivity index (χ3n) is 5.79. The molecule has 0 atom stereocenters. The van der Waals surface area contributed by atoms with Crippen LogP contribution in [0.3, 0.4) is 0 Å².